The SMILES string of the molecule is CC(=O)c1c(C)[nH]c(C(=O)COC(=O)CCC(=O)N2CCN(C(C)=O)CC2)c1C. The molecule has 29 heavy (non-hydrogen) atoms. The molecule has 2 amide bonds. The Bertz CT molecular complexity index is 834. The van der Waals surface area contributed by atoms with Gasteiger partial charge in [-0.1, -0.05) is 0 Å². The Hall–Kier alpha value is -2.97. The number of aromatic amines is 1. The first-order chi connectivity index (χ1) is 13.6. The van der Waals surface area contributed by atoms with E-state index in [9.17, 15) is 24.0 Å². The molecule has 1 N–H and O–H groups in total. The lowest BCUT2D eigenvalue weighted by Crippen LogP contribution is -2.50. The predicted octanol–water partition coefficient (Wildman–Crippen LogP) is 1.03. The molecule has 9 heteroatoms. The number of aromatic nitrogens is 1. The molecule has 0 bridgehead atoms. The zero-order chi connectivity index (χ0) is 21.7. The van der Waals surface area contributed by atoms with Crippen molar-refractivity contribution in [1.29, 1.82) is 0 Å². The smallest absolute Gasteiger partial charge is 0.306 e. The number of nitrogens with one attached hydrogen (secondary N) is 1. The quantitative estimate of drug-likeness (QED) is 0.535. The monoisotopic (exact) mass is 405 g/mol. The molecule has 158 valence electrons. The van der Waals surface area contributed by atoms with E-state index in [1.165, 1.54) is 13.8 Å². The molecule has 9 nitrogen and oxygen atoms in total. The maximum atomic E-state index is 12.3. The van der Waals surface area contributed by atoms with Crippen LogP contribution in [0.5, 0.6) is 0 Å². The Morgan fingerprint density at radius 3 is 2.03 bits per heavy atom. The van der Waals surface area contributed by atoms with E-state index in [2.05, 4.69) is 4.98 Å². The largest absolute Gasteiger partial charge is 0.457 e. The number of esters is 1. The van der Waals surface area contributed by atoms with Crippen LogP contribution in [0.4, 0.5) is 0 Å². The van der Waals surface area contributed by atoms with Crippen LogP contribution in [0.1, 0.15) is 58.8 Å². The predicted molar refractivity (Wildman–Crippen MR) is 104 cm³/mol. The van der Waals surface area contributed by atoms with E-state index >= 15 is 0 Å². The van der Waals surface area contributed by atoms with Gasteiger partial charge in [0, 0.05) is 50.8 Å². The lowest BCUT2D eigenvalue weighted by atomic mass is 10.1. The van der Waals surface area contributed by atoms with Crippen molar-refractivity contribution in [3.8, 4) is 0 Å². The number of hydrogen-bond acceptors (Lipinski definition) is 6. The summed E-state index contributed by atoms with van der Waals surface area (Å²) in [7, 11) is 0. The van der Waals surface area contributed by atoms with E-state index in [4.69, 9.17) is 4.74 Å². The summed E-state index contributed by atoms with van der Waals surface area (Å²) in [6.45, 7) is 7.68. The number of H-pyrrole nitrogens is 1. The third-order valence-electron chi connectivity index (χ3n) is 5.05. The van der Waals surface area contributed by atoms with E-state index in [0.29, 0.717) is 43.0 Å². The van der Waals surface area contributed by atoms with Crippen LogP contribution >= 0.6 is 0 Å². The molecule has 0 atom stereocenters. The molecule has 1 aromatic heterocycles. The minimum atomic E-state index is -0.637. The summed E-state index contributed by atoms with van der Waals surface area (Å²) in [4.78, 5) is 65.5. The summed E-state index contributed by atoms with van der Waals surface area (Å²) in [5, 5.41) is 0. The normalized spacial score (nSPS) is 13.9. The van der Waals surface area contributed by atoms with Crippen LogP contribution in [0.25, 0.3) is 0 Å². The van der Waals surface area contributed by atoms with Crippen LogP contribution in [0.3, 0.4) is 0 Å². The molecule has 0 saturated carbocycles. The second-order valence-corrected chi connectivity index (χ2v) is 7.15. The highest BCUT2D eigenvalue weighted by Crippen LogP contribution is 2.19. The molecule has 1 aromatic rings. The van der Waals surface area contributed by atoms with Gasteiger partial charge in [0.15, 0.2) is 12.4 Å². The second kappa shape index (κ2) is 9.49. The number of ketones is 2. The molecule has 1 aliphatic rings. The van der Waals surface area contributed by atoms with Crippen LogP contribution in [0.15, 0.2) is 0 Å². The second-order valence-electron chi connectivity index (χ2n) is 7.15. The summed E-state index contributed by atoms with van der Waals surface area (Å²) >= 11 is 0. The fourth-order valence-electron chi connectivity index (χ4n) is 3.49. The number of nitrogens with zero attached hydrogens (tertiary/aromatic N) is 2. The summed E-state index contributed by atoms with van der Waals surface area (Å²) in [6.07, 6.45) is -0.136. The third kappa shape index (κ3) is 5.52. The van der Waals surface area contributed by atoms with Gasteiger partial charge >= 0.3 is 5.97 Å². The summed E-state index contributed by atoms with van der Waals surface area (Å²) < 4.78 is 4.99. The molecule has 0 radical (unpaired) electrons. The van der Waals surface area contributed by atoms with Crippen molar-refractivity contribution in [2.24, 2.45) is 0 Å². The average molecular weight is 405 g/mol. The number of aryl methyl sites for hydroxylation is 1. The Morgan fingerprint density at radius 1 is 0.931 bits per heavy atom. The minimum Gasteiger partial charge on any atom is -0.457 e. The molecule has 0 unspecified atom stereocenters. The maximum Gasteiger partial charge on any atom is 0.306 e. The first-order valence-corrected chi connectivity index (χ1v) is 9.54. The van der Waals surface area contributed by atoms with Gasteiger partial charge in [-0.25, -0.2) is 0 Å². The van der Waals surface area contributed by atoms with Gasteiger partial charge in [0.25, 0.3) is 0 Å². The van der Waals surface area contributed by atoms with Crippen LogP contribution < -0.4 is 0 Å². The molecular formula is C20H27N3O6. The number of rotatable bonds is 7. The van der Waals surface area contributed by atoms with Gasteiger partial charge < -0.3 is 19.5 Å². The van der Waals surface area contributed by atoms with Gasteiger partial charge in [0.2, 0.25) is 17.6 Å². The van der Waals surface area contributed by atoms with E-state index in [1.807, 2.05) is 0 Å². The number of ether oxygens (including phenoxy) is 1. The number of piperazine rings is 1. The number of hydrogen-bond donors (Lipinski definition) is 1. The van der Waals surface area contributed by atoms with Gasteiger partial charge in [-0.2, -0.15) is 0 Å². The fraction of sp³-hybridized carbons (Fsp3) is 0.550. The number of amides is 2. The van der Waals surface area contributed by atoms with Crippen molar-refractivity contribution in [2.45, 2.75) is 40.5 Å². The summed E-state index contributed by atoms with van der Waals surface area (Å²) in [5.41, 5.74) is 1.85. The lowest BCUT2D eigenvalue weighted by Gasteiger charge is -2.34. The van der Waals surface area contributed by atoms with Gasteiger partial charge in [0.05, 0.1) is 12.1 Å². The van der Waals surface area contributed by atoms with Crippen LogP contribution in [-0.2, 0) is 19.1 Å². The summed E-state index contributed by atoms with van der Waals surface area (Å²) in [6, 6.07) is 0. The van der Waals surface area contributed by atoms with Crippen LogP contribution in [0, 0.1) is 13.8 Å². The molecule has 0 aliphatic carbocycles. The third-order valence-corrected chi connectivity index (χ3v) is 5.05. The van der Waals surface area contributed by atoms with Crippen LogP contribution in [0.2, 0.25) is 0 Å². The first kappa shape index (κ1) is 22.3. The molecule has 1 fully saturated rings. The molecule has 1 saturated heterocycles. The Balaban J connectivity index is 1.78. The zero-order valence-electron chi connectivity index (χ0n) is 17.3. The van der Waals surface area contributed by atoms with Gasteiger partial charge in [-0.3, -0.25) is 24.0 Å². The van der Waals surface area contributed by atoms with Gasteiger partial charge in [0.1, 0.15) is 0 Å². The molecular weight excluding hydrogens is 378 g/mol. The van der Waals surface area contributed by atoms with E-state index in [0.717, 1.165) is 0 Å². The Morgan fingerprint density at radius 2 is 1.52 bits per heavy atom. The number of Topliss-reactive ketones (excluding diaryl/α,β-unsaturated/α-hetero) is 2. The molecule has 0 spiro atoms. The topological polar surface area (TPSA) is 117 Å². The van der Waals surface area contributed by atoms with Crippen LogP contribution in [-0.4, -0.2) is 76.9 Å². The molecule has 0 aromatic carbocycles. The maximum absolute atomic E-state index is 12.3. The van der Waals surface area contributed by atoms with Crippen molar-refractivity contribution >= 4 is 29.4 Å². The fourth-order valence-corrected chi connectivity index (χ4v) is 3.49. The standard InChI is InChI=1S/C20H27N3O6/c1-12-19(14(3)24)13(2)21-20(12)16(26)11-29-18(28)6-5-17(27)23-9-7-22(8-10-23)15(4)25/h21H,5-11H2,1-4H3. The van der Waals surface area contributed by atoms with E-state index in [-0.39, 0.29) is 36.1 Å². The van der Waals surface area contributed by atoms with Crippen molar-refractivity contribution in [3.63, 3.8) is 0 Å². The highest BCUT2D eigenvalue weighted by atomic mass is 16.5. The summed E-state index contributed by atoms with van der Waals surface area (Å²) in [5.74, 6) is -1.42. The lowest BCUT2D eigenvalue weighted by molar-refractivity contribution is -0.145. The van der Waals surface area contributed by atoms with E-state index < -0.39 is 18.4 Å². The molecule has 2 rings (SSSR count). The first-order valence-electron chi connectivity index (χ1n) is 9.54. The van der Waals surface area contributed by atoms with E-state index in [1.54, 1.807) is 23.6 Å². The number of carbonyl (C=O) groups is 5. The number of carbonyl (C=O) groups excluding carboxylic acids is 5. The zero-order valence-corrected chi connectivity index (χ0v) is 17.3. The highest BCUT2D eigenvalue weighted by molar-refractivity contribution is 6.04. The van der Waals surface area contributed by atoms with Crippen molar-refractivity contribution < 1.29 is 28.7 Å². The Labute approximate surface area is 169 Å². The highest BCUT2D eigenvalue weighted by Gasteiger charge is 2.24. The average Bonchev–Trinajstić information content (AvgIpc) is 2.98. The minimum absolute atomic E-state index is 0.0117. The molecule has 1 aliphatic heterocycles. The Kier molecular flexibility index (Phi) is 7.30. The van der Waals surface area contributed by atoms with Crippen molar-refractivity contribution in [3.05, 3.63) is 22.5 Å². The van der Waals surface area contributed by atoms with Gasteiger partial charge in [-0.05, 0) is 26.3 Å². The van der Waals surface area contributed by atoms with Crippen molar-refractivity contribution in [1.82, 2.24) is 14.8 Å². The molecule has 2 heterocycles. The van der Waals surface area contributed by atoms with Crippen molar-refractivity contribution in [2.75, 3.05) is 32.8 Å². The van der Waals surface area contributed by atoms with Gasteiger partial charge in [-0.15, -0.1) is 0 Å².